The second-order valence-corrected chi connectivity index (χ2v) is 6.39. The van der Waals surface area contributed by atoms with Crippen LogP contribution in [0.15, 0.2) is 17.3 Å². The Bertz CT molecular complexity index is 713. The van der Waals surface area contributed by atoms with E-state index in [1.807, 2.05) is 20.8 Å². The maximum atomic E-state index is 12.2. The van der Waals surface area contributed by atoms with Gasteiger partial charge in [0.05, 0.1) is 12.2 Å². The molecule has 1 amide bonds. The van der Waals surface area contributed by atoms with Crippen LogP contribution in [0, 0.1) is 5.92 Å². The van der Waals surface area contributed by atoms with E-state index < -0.39 is 11.5 Å². The summed E-state index contributed by atoms with van der Waals surface area (Å²) < 4.78 is 5.77. The van der Waals surface area contributed by atoms with E-state index in [-0.39, 0.29) is 30.1 Å². The Labute approximate surface area is 133 Å². The highest BCUT2D eigenvalue weighted by atomic mass is 16.5. The van der Waals surface area contributed by atoms with Gasteiger partial charge in [-0.05, 0) is 18.9 Å². The third kappa shape index (κ3) is 2.61. The molecule has 0 saturated carbocycles. The number of hydrogen-bond donors (Lipinski definition) is 2. The fourth-order valence-corrected chi connectivity index (χ4v) is 2.68. The molecule has 2 unspecified atom stereocenters. The Morgan fingerprint density at radius 1 is 1.52 bits per heavy atom. The van der Waals surface area contributed by atoms with Crippen molar-refractivity contribution in [2.24, 2.45) is 10.9 Å². The minimum absolute atomic E-state index is 0.0760. The van der Waals surface area contributed by atoms with Crippen LogP contribution in [0.25, 0.3) is 0 Å². The van der Waals surface area contributed by atoms with Crippen LogP contribution in [0.1, 0.15) is 42.4 Å². The van der Waals surface area contributed by atoms with Crippen molar-refractivity contribution in [3.05, 3.63) is 29.1 Å². The van der Waals surface area contributed by atoms with Crippen LogP contribution in [0.3, 0.4) is 0 Å². The number of ether oxygens (including phenoxy) is 1. The van der Waals surface area contributed by atoms with Crippen LogP contribution in [0.4, 0.5) is 0 Å². The minimum Gasteiger partial charge on any atom is -0.478 e. The predicted octanol–water partition coefficient (Wildman–Crippen LogP) is 1.16. The number of pyridine rings is 1. The molecule has 1 aromatic heterocycles. The van der Waals surface area contributed by atoms with Gasteiger partial charge in [-0.25, -0.2) is 4.79 Å². The van der Waals surface area contributed by atoms with Gasteiger partial charge in [0.1, 0.15) is 17.5 Å². The highest BCUT2D eigenvalue weighted by molar-refractivity contribution is 6.10. The number of carboxylic acid groups (broad SMARTS) is 1. The van der Waals surface area contributed by atoms with Crippen LogP contribution < -0.4 is 5.32 Å². The molecule has 3 rings (SSSR count). The third-order valence-electron chi connectivity index (χ3n) is 4.61. The van der Waals surface area contributed by atoms with E-state index in [0.29, 0.717) is 12.3 Å². The monoisotopic (exact) mass is 317 g/mol. The molecule has 0 aliphatic carbocycles. The minimum atomic E-state index is -1.01. The van der Waals surface area contributed by atoms with Gasteiger partial charge >= 0.3 is 5.97 Å². The second kappa shape index (κ2) is 5.42. The SMILES string of the molecule is CC(C)C1(C)N=C(C2Cc3ncc(C(=O)O)cc3CO2)NC1=O. The van der Waals surface area contributed by atoms with Gasteiger partial charge in [0.25, 0.3) is 5.91 Å². The standard InChI is InChI=1S/C16H19N3O4/c1-8(2)16(3)15(22)18-13(19-16)12-5-11-10(7-23-12)4-9(6-17-11)14(20)21/h4,6,8,12H,5,7H2,1-3H3,(H,20,21)(H,18,19,22). The molecule has 2 aliphatic heterocycles. The number of aromatic nitrogens is 1. The van der Waals surface area contributed by atoms with Gasteiger partial charge in [-0.3, -0.25) is 14.8 Å². The summed E-state index contributed by atoms with van der Waals surface area (Å²) in [6.45, 7) is 5.98. The summed E-state index contributed by atoms with van der Waals surface area (Å²) in [5.74, 6) is -0.526. The first-order chi connectivity index (χ1) is 10.8. The molecule has 0 saturated heterocycles. The average Bonchev–Trinajstić information content (AvgIpc) is 2.83. The van der Waals surface area contributed by atoms with Crippen LogP contribution in [-0.4, -0.2) is 39.4 Å². The Morgan fingerprint density at radius 2 is 2.26 bits per heavy atom. The van der Waals surface area contributed by atoms with Crippen LogP contribution >= 0.6 is 0 Å². The summed E-state index contributed by atoms with van der Waals surface area (Å²) >= 11 is 0. The molecule has 7 nitrogen and oxygen atoms in total. The molecule has 3 heterocycles. The Kier molecular flexibility index (Phi) is 3.68. The zero-order valence-corrected chi connectivity index (χ0v) is 13.3. The molecule has 0 fully saturated rings. The summed E-state index contributed by atoms with van der Waals surface area (Å²) in [4.78, 5) is 32.0. The number of carboxylic acids is 1. The number of carbonyl (C=O) groups is 2. The number of hydrogen-bond acceptors (Lipinski definition) is 5. The first-order valence-electron chi connectivity index (χ1n) is 7.55. The van der Waals surface area contributed by atoms with E-state index in [1.165, 1.54) is 6.20 Å². The number of carbonyl (C=O) groups excluding carboxylic acids is 1. The number of aliphatic imine (C=N–C) groups is 1. The van der Waals surface area contributed by atoms with Gasteiger partial charge in [-0.1, -0.05) is 13.8 Å². The molecule has 0 spiro atoms. The van der Waals surface area contributed by atoms with E-state index >= 15 is 0 Å². The number of amidine groups is 1. The van der Waals surface area contributed by atoms with Gasteiger partial charge in [-0.2, -0.15) is 0 Å². The molecule has 1 aromatic rings. The number of nitrogens with zero attached hydrogens (tertiary/aromatic N) is 2. The molecule has 2 aliphatic rings. The maximum absolute atomic E-state index is 12.2. The van der Waals surface area contributed by atoms with Gasteiger partial charge in [-0.15, -0.1) is 0 Å². The smallest absolute Gasteiger partial charge is 0.337 e. The van der Waals surface area contributed by atoms with Crippen LogP contribution in [0.5, 0.6) is 0 Å². The lowest BCUT2D eigenvalue weighted by molar-refractivity contribution is -0.124. The van der Waals surface area contributed by atoms with E-state index in [1.54, 1.807) is 6.07 Å². The van der Waals surface area contributed by atoms with Gasteiger partial charge < -0.3 is 15.2 Å². The second-order valence-electron chi connectivity index (χ2n) is 6.39. The van der Waals surface area contributed by atoms with Crippen LogP contribution in [-0.2, 0) is 22.6 Å². The normalized spacial score (nSPS) is 26.7. The third-order valence-corrected chi connectivity index (χ3v) is 4.61. The number of nitrogens with one attached hydrogen (secondary N) is 1. The zero-order chi connectivity index (χ0) is 16.8. The van der Waals surface area contributed by atoms with Gasteiger partial charge in [0.2, 0.25) is 0 Å². The number of aromatic carboxylic acids is 1. The number of fused-ring (bicyclic) bond motifs is 1. The van der Waals surface area contributed by atoms with Crippen molar-refractivity contribution in [3.8, 4) is 0 Å². The van der Waals surface area contributed by atoms with Crippen molar-refractivity contribution in [3.63, 3.8) is 0 Å². The van der Waals surface area contributed by atoms with Crippen molar-refractivity contribution in [1.29, 1.82) is 0 Å². The quantitative estimate of drug-likeness (QED) is 0.871. The van der Waals surface area contributed by atoms with E-state index in [0.717, 1.165) is 11.3 Å². The lowest BCUT2D eigenvalue weighted by Gasteiger charge is -2.24. The van der Waals surface area contributed by atoms with Crippen LogP contribution in [0.2, 0.25) is 0 Å². The van der Waals surface area contributed by atoms with Gasteiger partial charge in [0, 0.05) is 23.9 Å². The van der Waals surface area contributed by atoms with Crippen molar-refractivity contribution >= 4 is 17.7 Å². The fraction of sp³-hybridized carbons (Fsp3) is 0.500. The molecular formula is C16H19N3O4. The van der Waals surface area contributed by atoms with Crippen molar-refractivity contribution in [2.75, 3.05) is 0 Å². The number of amides is 1. The summed E-state index contributed by atoms with van der Waals surface area (Å²) in [6.07, 6.45) is 1.44. The van der Waals surface area contributed by atoms with Gasteiger partial charge in [0.15, 0.2) is 0 Å². The Hall–Kier alpha value is -2.28. The molecular weight excluding hydrogens is 298 g/mol. The summed E-state index contributed by atoms with van der Waals surface area (Å²) in [7, 11) is 0. The van der Waals surface area contributed by atoms with Crippen molar-refractivity contribution < 1.29 is 19.4 Å². The molecule has 2 N–H and O–H groups in total. The largest absolute Gasteiger partial charge is 0.478 e. The highest BCUT2D eigenvalue weighted by Crippen LogP contribution is 2.28. The van der Waals surface area contributed by atoms with E-state index in [9.17, 15) is 9.59 Å². The molecule has 0 bridgehead atoms. The molecule has 0 aromatic carbocycles. The highest BCUT2D eigenvalue weighted by Gasteiger charge is 2.44. The topological polar surface area (TPSA) is 101 Å². The lowest BCUT2D eigenvalue weighted by Crippen LogP contribution is -2.43. The van der Waals surface area contributed by atoms with E-state index in [2.05, 4.69) is 15.3 Å². The Balaban J connectivity index is 1.83. The number of rotatable bonds is 3. The summed E-state index contributed by atoms with van der Waals surface area (Å²) in [5.41, 5.74) is 0.906. The first-order valence-corrected chi connectivity index (χ1v) is 7.55. The van der Waals surface area contributed by atoms with Crippen molar-refractivity contribution in [2.45, 2.75) is 45.4 Å². The lowest BCUT2D eigenvalue weighted by atomic mass is 9.89. The zero-order valence-electron chi connectivity index (χ0n) is 13.3. The predicted molar refractivity (Wildman–Crippen MR) is 82.3 cm³/mol. The average molecular weight is 317 g/mol. The molecule has 23 heavy (non-hydrogen) atoms. The molecule has 122 valence electrons. The van der Waals surface area contributed by atoms with E-state index in [4.69, 9.17) is 9.84 Å². The first kappa shape index (κ1) is 15.6. The summed E-state index contributed by atoms with van der Waals surface area (Å²) in [6, 6.07) is 1.58. The van der Waals surface area contributed by atoms with Crippen molar-refractivity contribution in [1.82, 2.24) is 10.3 Å². The summed E-state index contributed by atoms with van der Waals surface area (Å²) in [5, 5.41) is 11.8. The fourth-order valence-electron chi connectivity index (χ4n) is 2.68. The molecule has 0 radical (unpaired) electrons. The molecule has 2 atom stereocenters. The maximum Gasteiger partial charge on any atom is 0.337 e. The Morgan fingerprint density at radius 3 is 2.87 bits per heavy atom. The molecule has 7 heteroatoms.